The molecule has 0 amide bonds. The van der Waals surface area contributed by atoms with Crippen LogP contribution in [0.25, 0.3) is 5.69 Å². The summed E-state index contributed by atoms with van der Waals surface area (Å²) in [6.45, 7) is 2.01. The van der Waals surface area contributed by atoms with E-state index in [1.54, 1.807) is 4.68 Å². The SMILES string of the molecule is Cc1ccc(-n2ncc(C=O)c2N)cc1. The average molecular weight is 201 g/mol. The van der Waals surface area contributed by atoms with Crippen LogP contribution in [0, 0.1) is 6.92 Å². The van der Waals surface area contributed by atoms with Crippen molar-refractivity contribution in [2.75, 3.05) is 5.73 Å². The Balaban J connectivity index is 2.49. The first-order chi connectivity index (χ1) is 7.22. The van der Waals surface area contributed by atoms with Crippen molar-refractivity contribution in [2.24, 2.45) is 0 Å². The highest BCUT2D eigenvalue weighted by Crippen LogP contribution is 2.15. The molecular weight excluding hydrogens is 190 g/mol. The fourth-order valence-electron chi connectivity index (χ4n) is 1.35. The van der Waals surface area contributed by atoms with Gasteiger partial charge in [-0.2, -0.15) is 5.10 Å². The highest BCUT2D eigenvalue weighted by atomic mass is 16.1. The van der Waals surface area contributed by atoms with E-state index in [0.29, 0.717) is 17.7 Å². The monoisotopic (exact) mass is 201 g/mol. The molecule has 2 N–H and O–H groups in total. The van der Waals surface area contributed by atoms with Crippen LogP contribution in [-0.2, 0) is 0 Å². The zero-order valence-electron chi connectivity index (χ0n) is 8.34. The van der Waals surface area contributed by atoms with Gasteiger partial charge < -0.3 is 5.73 Å². The number of hydrogen-bond donors (Lipinski definition) is 1. The summed E-state index contributed by atoms with van der Waals surface area (Å²) >= 11 is 0. The van der Waals surface area contributed by atoms with E-state index in [0.717, 1.165) is 5.69 Å². The van der Waals surface area contributed by atoms with Crippen molar-refractivity contribution in [1.29, 1.82) is 0 Å². The Kier molecular flexibility index (Phi) is 2.25. The van der Waals surface area contributed by atoms with Gasteiger partial charge in [-0.25, -0.2) is 4.68 Å². The zero-order chi connectivity index (χ0) is 10.8. The van der Waals surface area contributed by atoms with Crippen LogP contribution < -0.4 is 5.73 Å². The Morgan fingerprint density at radius 3 is 2.53 bits per heavy atom. The maximum atomic E-state index is 10.6. The van der Waals surface area contributed by atoms with E-state index >= 15 is 0 Å². The van der Waals surface area contributed by atoms with Gasteiger partial charge >= 0.3 is 0 Å². The van der Waals surface area contributed by atoms with Gasteiger partial charge in [0.05, 0.1) is 17.4 Å². The standard InChI is InChI=1S/C11H11N3O/c1-8-2-4-10(5-3-8)14-11(12)9(7-15)6-13-14/h2-7H,12H2,1H3. The fourth-order valence-corrected chi connectivity index (χ4v) is 1.35. The second-order valence-electron chi connectivity index (χ2n) is 3.35. The molecule has 2 rings (SSSR count). The lowest BCUT2D eigenvalue weighted by Crippen LogP contribution is -2.02. The number of carbonyl (C=O) groups excluding carboxylic acids is 1. The average Bonchev–Trinajstić information content (AvgIpc) is 2.61. The van der Waals surface area contributed by atoms with E-state index in [4.69, 9.17) is 5.73 Å². The molecule has 1 aromatic heterocycles. The summed E-state index contributed by atoms with van der Waals surface area (Å²) in [5.74, 6) is 0.369. The second kappa shape index (κ2) is 3.57. The van der Waals surface area contributed by atoms with E-state index in [-0.39, 0.29) is 0 Å². The molecule has 4 nitrogen and oxygen atoms in total. The highest BCUT2D eigenvalue weighted by Gasteiger charge is 2.07. The summed E-state index contributed by atoms with van der Waals surface area (Å²) in [6, 6.07) is 7.76. The summed E-state index contributed by atoms with van der Waals surface area (Å²) in [5, 5.41) is 4.05. The molecule has 0 spiro atoms. The van der Waals surface area contributed by atoms with Gasteiger partial charge in [-0.15, -0.1) is 0 Å². The van der Waals surface area contributed by atoms with E-state index in [1.165, 1.54) is 11.8 Å². The maximum absolute atomic E-state index is 10.6. The highest BCUT2D eigenvalue weighted by molar-refractivity contribution is 5.81. The molecule has 0 atom stereocenters. The molecule has 0 saturated carbocycles. The molecule has 76 valence electrons. The van der Waals surface area contributed by atoms with E-state index < -0.39 is 0 Å². The number of aldehydes is 1. The molecule has 2 aromatic rings. The van der Waals surface area contributed by atoms with Crippen LogP contribution >= 0.6 is 0 Å². The van der Waals surface area contributed by atoms with Crippen molar-refractivity contribution in [3.8, 4) is 5.69 Å². The maximum Gasteiger partial charge on any atom is 0.155 e. The van der Waals surface area contributed by atoms with Crippen molar-refractivity contribution in [2.45, 2.75) is 6.92 Å². The summed E-state index contributed by atoms with van der Waals surface area (Å²) < 4.78 is 1.54. The Labute approximate surface area is 87.3 Å². The van der Waals surface area contributed by atoms with Crippen LogP contribution in [0.1, 0.15) is 15.9 Å². The molecular formula is C11H11N3O. The Morgan fingerprint density at radius 2 is 2.00 bits per heavy atom. The van der Waals surface area contributed by atoms with Gasteiger partial charge in [0, 0.05) is 0 Å². The summed E-state index contributed by atoms with van der Waals surface area (Å²) in [6.07, 6.45) is 2.16. The number of nitrogens with zero attached hydrogens (tertiary/aromatic N) is 2. The molecule has 1 aromatic carbocycles. The third kappa shape index (κ3) is 1.61. The lowest BCUT2D eigenvalue weighted by atomic mass is 10.2. The Bertz CT molecular complexity index is 485. The molecule has 0 aliphatic heterocycles. The lowest BCUT2D eigenvalue weighted by molar-refractivity contribution is 0.112. The number of anilines is 1. The molecule has 0 bridgehead atoms. The second-order valence-corrected chi connectivity index (χ2v) is 3.35. The van der Waals surface area contributed by atoms with E-state index in [2.05, 4.69) is 5.10 Å². The smallest absolute Gasteiger partial charge is 0.155 e. The summed E-state index contributed by atoms with van der Waals surface area (Å²) in [5.41, 5.74) is 8.19. The number of benzene rings is 1. The van der Waals surface area contributed by atoms with Gasteiger partial charge in [-0.05, 0) is 19.1 Å². The topological polar surface area (TPSA) is 60.9 Å². The van der Waals surface area contributed by atoms with Gasteiger partial charge in [0.15, 0.2) is 6.29 Å². The van der Waals surface area contributed by atoms with E-state index in [9.17, 15) is 4.79 Å². The van der Waals surface area contributed by atoms with Gasteiger partial charge in [-0.3, -0.25) is 4.79 Å². The third-order valence-corrected chi connectivity index (χ3v) is 2.24. The Morgan fingerprint density at radius 1 is 1.33 bits per heavy atom. The molecule has 15 heavy (non-hydrogen) atoms. The van der Waals surface area contributed by atoms with Gasteiger partial charge in [-0.1, -0.05) is 17.7 Å². The quantitative estimate of drug-likeness (QED) is 0.750. The fraction of sp³-hybridized carbons (Fsp3) is 0.0909. The minimum Gasteiger partial charge on any atom is -0.383 e. The van der Waals surface area contributed by atoms with Crippen molar-refractivity contribution in [3.63, 3.8) is 0 Å². The van der Waals surface area contributed by atoms with Gasteiger partial charge in [0.1, 0.15) is 5.82 Å². The number of nitrogen functional groups attached to an aromatic ring is 1. The number of carbonyl (C=O) groups is 1. The molecule has 0 fully saturated rings. The molecule has 1 heterocycles. The summed E-state index contributed by atoms with van der Waals surface area (Å²) in [4.78, 5) is 10.6. The normalized spacial score (nSPS) is 10.2. The van der Waals surface area contributed by atoms with Crippen LogP contribution in [0.3, 0.4) is 0 Å². The van der Waals surface area contributed by atoms with Crippen LogP contribution in [0.4, 0.5) is 5.82 Å². The first-order valence-corrected chi connectivity index (χ1v) is 4.58. The Hall–Kier alpha value is -2.10. The molecule has 0 aliphatic rings. The number of rotatable bonds is 2. The third-order valence-electron chi connectivity index (χ3n) is 2.24. The first kappa shape index (κ1) is 9.45. The predicted octanol–water partition coefficient (Wildman–Crippen LogP) is 1.58. The zero-order valence-corrected chi connectivity index (χ0v) is 8.34. The van der Waals surface area contributed by atoms with Crippen molar-refractivity contribution in [3.05, 3.63) is 41.6 Å². The molecule has 0 unspecified atom stereocenters. The van der Waals surface area contributed by atoms with E-state index in [1.807, 2.05) is 31.2 Å². The largest absolute Gasteiger partial charge is 0.383 e. The van der Waals surface area contributed by atoms with Crippen molar-refractivity contribution >= 4 is 12.1 Å². The minimum absolute atomic E-state index is 0.369. The van der Waals surface area contributed by atoms with Gasteiger partial charge in [0.2, 0.25) is 0 Å². The molecule has 4 heteroatoms. The minimum atomic E-state index is 0.369. The first-order valence-electron chi connectivity index (χ1n) is 4.58. The predicted molar refractivity (Wildman–Crippen MR) is 58.1 cm³/mol. The van der Waals surface area contributed by atoms with Crippen LogP contribution in [0.15, 0.2) is 30.5 Å². The van der Waals surface area contributed by atoms with Crippen LogP contribution in [-0.4, -0.2) is 16.1 Å². The van der Waals surface area contributed by atoms with Crippen LogP contribution in [0.2, 0.25) is 0 Å². The van der Waals surface area contributed by atoms with Crippen molar-refractivity contribution < 1.29 is 4.79 Å². The van der Waals surface area contributed by atoms with Crippen LogP contribution in [0.5, 0.6) is 0 Å². The number of hydrogen-bond acceptors (Lipinski definition) is 3. The lowest BCUT2D eigenvalue weighted by Gasteiger charge is -2.03. The van der Waals surface area contributed by atoms with Crippen molar-refractivity contribution in [1.82, 2.24) is 9.78 Å². The molecule has 0 radical (unpaired) electrons. The van der Waals surface area contributed by atoms with Gasteiger partial charge in [0.25, 0.3) is 0 Å². The molecule has 0 aliphatic carbocycles. The summed E-state index contributed by atoms with van der Waals surface area (Å²) in [7, 11) is 0. The molecule has 0 saturated heterocycles. The number of nitrogens with two attached hydrogens (primary N) is 1. The number of aromatic nitrogens is 2. The number of aryl methyl sites for hydroxylation is 1.